The highest BCUT2D eigenvalue weighted by Crippen LogP contribution is 2.27. The fraction of sp³-hybridized carbons (Fsp3) is 0.211. The van der Waals surface area contributed by atoms with Crippen LogP contribution in [0.25, 0.3) is 0 Å². The summed E-state index contributed by atoms with van der Waals surface area (Å²) in [7, 11) is 1.55. The van der Waals surface area contributed by atoms with E-state index in [-0.39, 0.29) is 0 Å². The van der Waals surface area contributed by atoms with Crippen LogP contribution in [0.2, 0.25) is 0 Å². The summed E-state index contributed by atoms with van der Waals surface area (Å²) in [6.45, 7) is 4.20. The molecule has 0 radical (unpaired) electrons. The number of nitrogens with one attached hydrogen (secondary N) is 2. The number of para-hydroxylation sites is 1. The number of hydrogen-bond donors (Lipinski definition) is 2. The maximum Gasteiger partial charge on any atom is 0.329 e. The number of nitrogens with zero attached hydrogens (tertiary/aromatic N) is 1. The van der Waals surface area contributed by atoms with E-state index in [9.17, 15) is 9.59 Å². The number of hydrogen-bond acceptors (Lipinski definition) is 5. The average Bonchev–Trinajstić information content (AvgIpc) is 2.64. The number of benzene rings is 2. The molecule has 2 rings (SSSR count). The molecule has 0 atom stereocenters. The van der Waals surface area contributed by atoms with Gasteiger partial charge < -0.3 is 14.8 Å². The Bertz CT molecular complexity index is 818. The Kier molecular flexibility index (Phi) is 6.73. The lowest BCUT2D eigenvalue weighted by atomic mass is 10.2. The van der Waals surface area contributed by atoms with Gasteiger partial charge in [0.1, 0.15) is 0 Å². The molecule has 0 bridgehead atoms. The lowest BCUT2D eigenvalue weighted by Crippen LogP contribution is -2.32. The van der Waals surface area contributed by atoms with E-state index >= 15 is 0 Å². The third-order valence-corrected chi connectivity index (χ3v) is 3.47. The average molecular weight is 355 g/mol. The van der Waals surface area contributed by atoms with E-state index in [0.717, 1.165) is 5.56 Å². The summed E-state index contributed by atoms with van der Waals surface area (Å²) < 4.78 is 10.7. The van der Waals surface area contributed by atoms with Gasteiger partial charge in [-0.2, -0.15) is 5.10 Å². The van der Waals surface area contributed by atoms with Crippen molar-refractivity contribution in [2.24, 2.45) is 5.10 Å². The fourth-order valence-electron chi connectivity index (χ4n) is 2.15. The normalized spacial score (nSPS) is 10.4. The van der Waals surface area contributed by atoms with Gasteiger partial charge in [-0.15, -0.1) is 0 Å². The zero-order valence-corrected chi connectivity index (χ0v) is 14.9. The van der Waals surface area contributed by atoms with Crippen LogP contribution in [-0.4, -0.2) is 31.7 Å². The lowest BCUT2D eigenvalue weighted by molar-refractivity contribution is -0.136. The Hall–Kier alpha value is -3.35. The molecule has 2 N–H and O–H groups in total. The Morgan fingerprint density at radius 2 is 1.88 bits per heavy atom. The minimum Gasteiger partial charge on any atom is -0.493 e. The first kappa shape index (κ1) is 19.0. The SMILES string of the molecule is CCOc1cc(/C=N\NC(=O)C(=O)Nc2ccccc2C)ccc1OC. The van der Waals surface area contributed by atoms with E-state index in [1.54, 1.807) is 37.4 Å². The first-order valence-electron chi connectivity index (χ1n) is 8.06. The fourth-order valence-corrected chi connectivity index (χ4v) is 2.15. The number of carbonyl (C=O) groups excluding carboxylic acids is 2. The molecule has 2 aromatic carbocycles. The standard InChI is InChI=1S/C19H21N3O4/c1-4-26-17-11-14(9-10-16(17)25-3)12-20-22-19(24)18(23)21-15-8-6-5-7-13(15)2/h5-12H,4H2,1-3H3,(H,21,23)(H,22,24)/b20-12-. The molecule has 2 aromatic rings. The van der Waals surface area contributed by atoms with E-state index in [1.807, 2.05) is 26.0 Å². The van der Waals surface area contributed by atoms with Crippen LogP contribution in [0.3, 0.4) is 0 Å². The van der Waals surface area contributed by atoms with Crippen LogP contribution >= 0.6 is 0 Å². The van der Waals surface area contributed by atoms with Crippen molar-refractivity contribution < 1.29 is 19.1 Å². The zero-order chi connectivity index (χ0) is 18.9. The van der Waals surface area contributed by atoms with Crippen LogP contribution < -0.4 is 20.2 Å². The summed E-state index contributed by atoms with van der Waals surface area (Å²) >= 11 is 0. The summed E-state index contributed by atoms with van der Waals surface area (Å²) in [5, 5.41) is 6.34. The predicted octanol–water partition coefficient (Wildman–Crippen LogP) is 2.49. The monoisotopic (exact) mass is 355 g/mol. The Labute approximate surface area is 152 Å². The van der Waals surface area contributed by atoms with Gasteiger partial charge in [-0.05, 0) is 49.2 Å². The van der Waals surface area contributed by atoms with Gasteiger partial charge in [0.25, 0.3) is 0 Å². The minimum atomic E-state index is -0.858. The van der Waals surface area contributed by atoms with Crippen LogP contribution in [-0.2, 0) is 9.59 Å². The van der Waals surface area contributed by atoms with E-state index in [1.165, 1.54) is 6.21 Å². The van der Waals surface area contributed by atoms with Crippen molar-refractivity contribution in [2.45, 2.75) is 13.8 Å². The molecule has 26 heavy (non-hydrogen) atoms. The topological polar surface area (TPSA) is 89.0 Å². The summed E-state index contributed by atoms with van der Waals surface area (Å²) in [5.41, 5.74) is 4.32. The van der Waals surface area contributed by atoms with Crippen LogP contribution in [0.1, 0.15) is 18.1 Å². The summed E-state index contributed by atoms with van der Waals surface area (Å²) in [6.07, 6.45) is 1.42. The molecule has 0 unspecified atom stereocenters. The van der Waals surface area contributed by atoms with E-state index in [2.05, 4.69) is 15.8 Å². The summed E-state index contributed by atoms with van der Waals surface area (Å²) in [6, 6.07) is 12.4. The molecule has 7 heteroatoms. The zero-order valence-electron chi connectivity index (χ0n) is 14.9. The predicted molar refractivity (Wildman–Crippen MR) is 99.7 cm³/mol. The van der Waals surface area contributed by atoms with Crippen molar-refractivity contribution in [3.8, 4) is 11.5 Å². The molecule has 0 saturated heterocycles. The van der Waals surface area contributed by atoms with E-state index in [0.29, 0.717) is 29.4 Å². The summed E-state index contributed by atoms with van der Waals surface area (Å²) in [5.74, 6) is -0.475. The van der Waals surface area contributed by atoms with Crippen molar-refractivity contribution in [2.75, 3.05) is 19.0 Å². The largest absolute Gasteiger partial charge is 0.493 e. The highest BCUT2D eigenvalue weighted by atomic mass is 16.5. The molecule has 2 amide bonds. The van der Waals surface area contributed by atoms with Gasteiger partial charge in [0, 0.05) is 5.69 Å². The number of aryl methyl sites for hydroxylation is 1. The number of amides is 2. The molecule has 0 aliphatic rings. The van der Waals surface area contributed by atoms with E-state index < -0.39 is 11.8 Å². The maximum absolute atomic E-state index is 11.9. The molecule has 7 nitrogen and oxygen atoms in total. The van der Waals surface area contributed by atoms with E-state index in [4.69, 9.17) is 9.47 Å². The van der Waals surface area contributed by atoms with Crippen molar-refractivity contribution in [3.05, 3.63) is 53.6 Å². The second-order valence-electron chi connectivity index (χ2n) is 5.31. The molecule has 0 heterocycles. The molecule has 0 spiro atoms. The third-order valence-electron chi connectivity index (χ3n) is 3.47. The number of rotatable bonds is 6. The second-order valence-corrected chi connectivity index (χ2v) is 5.31. The van der Waals surface area contributed by atoms with Gasteiger partial charge in [0.05, 0.1) is 19.9 Å². The molecule has 0 aliphatic heterocycles. The Morgan fingerprint density at radius 3 is 2.58 bits per heavy atom. The highest BCUT2D eigenvalue weighted by molar-refractivity contribution is 6.39. The molecular weight excluding hydrogens is 334 g/mol. The first-order chi connectivity index (χ1) is 12.5. The quantitative estimate of drug-likeness (QED) is 0.473. The van der Waals surface area contributed by atoms with Crippen LogP contribution in [0.4, 0.5) is 5.69 Å². The molecule has 0 aromatic heterocycles. The Balaban J connectivity index is 1.97. The number of methoxy groups -OCH3 is 1. The smallest absolute Gasteiger partial charge is 0.329 e. The number of ether oxygens (including phenoxy) is 2. The van der Waals surface area contributed by atoms with Gasteiger partial charge in [0.15, 0.2) is 11.5 Å². The first-order valence-corrected chi connectivity index (χ1v) is 8.06. The van der Waals surface area contributed by atoms with Crippen molar-refractivity contribution in [1.29, 1.82) is 0 Å². The van der Waals surface area contributed by atoms with Gasteiger partial charge in [-0.25, -0.2) is 5.43 Å². The van der Waals surface area contributed by atoms with Crippen molar-refractivity contribution >= 4 is 23.7 Å². The molecule has 0 aliphatic carbocycles. The second kappa shape index (κ2) is 9.22. The van der Waals surface area contributed by atoms with Gasteiger partial charge >= 0.3 is 11.8 Å². The maximum atomic E-state index is 11.9. The number of anilines is 1. The van der Waals surface area contributed by atoms with Crippen LogP contribution in [0.5, 0.6) is 11.5 Å². The third kappa shape index (κ3) is 5.07. The van der Waals surface area contributed by atoms with Gasteiger partial charge in [-0.3, -0.25) is 9.59 Å². The lowest BCUT2D eigenvalue weighted by Gasteiger charge is -2.09. The molecule has 136 valence electrons. The van der Waals surface area contributed by atoms with Gasteiger partial charge in [0.2, 0.25) is 0 Å². The number of carbonyl (C=O) groups is 2. The minimum absolute atomic E-state index is 0.493. The highest BCUT2D eigenvalue weighted by Gasteiger charge is 2.13. The van der Waals surface area contributed by atoms with Crippen molar-refractivity contribution in [1.82, 2.24) is 5.43 Å². The van der Waals surface area contributed by atoms with Crippen LogP contribution in [0, 0.1) is 6.92 Å². The molecule has 0 saturated carbocycles. The molecular formula is C19H21N3O4. The number of hydrazone groups is 1. The van der Waals surface area contributed by atoms with Crippen LogP contribution in [0.15, 0.2) is 47.6 Å². The summed E-state index contributed by atoms with van der Waals surface area (Å²) in [4.78, 5) is 23.7. The molecule has 0 fully saturated rings. The van der Waals surface area contributed by atoms with Crippen molar-refractivity contribution in [3.63, 3.8) is 0 Å². The van der Waals surface area contributed by atoms with Gasteiger partial charge in [-0.1, -0.05) is 18.2 Å². The Morgan fingerprint density at radius 1 is 1.12 bits per heavy atom.